The lowest BCUT2D eigenvalue weighted by molar-refractivity contribution is 0.377. The van der Waals surface area contributed by atoms with Crippen molar-refractivity contribution in [1.82, 2.24) is 10.1 Å². The molecule has 0 spiro atoms. The van der Waals surface area contributed by atoms with Gasteiger partial charge >= 0.3 is 0 Å². The molecule has 2 aromatic rings. The minimum Gasteiger partial charge on any atom is -0.461 e. The molecule has 3 rings (SSSR count). The van der Waals surface area contributed by atoms with Crippen LogP contribution in [-0.2, 0) is 0 Å². The first kappa shape index (κ1) is 9.16. The highest BCUT2D eigenvalue weighted by Crippen LogP contribution is 2.46. The smallest absolute Gasteiger partial charge is 0.238 e. The standard InChI is InChI=1S/C11H9N3O2/c1-6-2-3-15-9(6)10-13-11(16-14-10)8-4-7(8)5-12/h2-3,7-8H,4H2,1H3. The fraction of sp³-hybridized carbons (Fsp3) is 0.364. The van der Waals surface area contributed by atoms with Crippen molar-refractivity contribution >= 4 is 0 Å². The Morgan fingerprint density at radius 1 is 1.56 bits per heavy atom. The molecule has 2 unspecified atom stereocenters. The van der Waals surface area contributed by atoms with Crippen LogP contribution in [0.15, 0.2) is 21.3 Å². The van der Waals surface area contributed by atoms with Gasteiger partial charge in [0.25, 0.3) is 0 Å². The molecule has 1 aliphatic carbocycles. The average Bonchev–Trinajstić information content (AvgIpc) is 2.70. The summed E-state index contributed by atoms with van der Waals surface area (Å²) in [5.74, 6) is 1.77. The third-order valence-electron chi connectivity index (χ3n) is 2.78. The fourth-order valence-corrected chi connectivity index (χ4v) is 1.69. The maximum Gasteiger partial charge on any atom is 0.238 e. The summed E-state index contributed by atoms with van der Waals surface area (Å²) >= 11 is 0. The van der Waals surface area contributed by atoms with Gasteiger partial charge in [0, 0.05) is 0 Å². The molecule has 2 atom stereocenters. The SMILES string of the molecule is Cc1ccoc1-c1noc(C2CC2C#N)n1. The molecule has 0 bridgehead atoms. The maximum absolute atomic E-state index is 8.71. The molecule has 80 valence electrons. The van der Waals surface area contributed by atoms with E-state index in [1.165, 1.54) is 0 Å². The first-order valence-electron chi connectivity index (χ1n) is 5.07. The van der Waals surface area contributed by atoms with E-state index < -0.39 is 0 Å². The number of rotatable bonds is 2. The molecule has 5 nitrogen and oxygen atoms in total. The molecule has 0 aromatic carbocycles. The van der Waals surface area contributed by atoms with Gasteiger partial charge in [-0.25, -0.2) is 0 Å². The van der Waals surface area contributed by atoms with E-state index in [1.807, 2.05) is 13.0 Å². The second-order valence-electron chi connectivity index (χ2n) is 3.97. The molecule has 0 saturated heterocycles. The first-order chi connectivity index (χ1) is 7.79. The second-order valence-corrected chi connectivity index (χ2v) is 3.97. The van der Waals surface area contributed by atoms with Gasteiger partial charge in [-0.2, -0.15) is 10.2 Å². The van der Waals surface area contributed by atoms with Crippen molar-refractivity contribution in [2.45, 2.75) is 19.3 Å². The van der Waals surface area contributed by atoms with Crippen molar-refractivity contribution in [1.29, 1.82) is 5.26 Å². The predicted octanol–water partition coefficient (Wildman–Crippen LogP) is 2.27. The van der Waals surface area contributed by atoms with Gasteiger partial charge in [-0.3, -0.25) is 0 Å². The Kier molecular flexibility index (Phi) is 1.83. The lowest BCUT2D eigenvalue weighted by Crippen LogP contribution is -1.83. The summed E-state index contributed by atoms with van der Waals surface area (Å²) in [6, 6.07) is 4.04. The van der Waals surface area contributed by atoms with E-state index in [-0.39, 0.29) is 11.8 Å². The highest BCUT2D eigenvalue weighted by molar-refractivity contribution is 5.51. The van der Waals surface area contributed by atoms with Crippen molar-refractivity contribution in [2.24, 2.45) is 5.92 Å². The van der Waals surface area contributed by atoms with Gasteiger partial charge < -0.3 is 8.94 Å². The van der Waals surface area contributed by atoms with Gasteiger partial charge in [0.15, 0.2) is 5.76 Å². The molecule has 0 amide bonds. The number of nitriles is 1. The van der Waals surface area contributed by atoms with E-state index in [0.29, 0.717) is 17.5 Å². The van der Waals surface area contributed by atoms with Gasteiger partial charge in [-0.05, 0) is 25.0 Å². The third kappa shape index (κ3) is 1.31. The lowest BCUT2D eigenvalue weighted by atomic mass is 10.3. The Bertz CT molecular complexity index is 564. The largest absolute Gasteiger partial charge is 0.461 e. The van der Waals surface area contributed by atoms with Gasteiger partial charge in [0.2, 0.25) is 11.7 Å². The van der Waals surface area contributed by atoms with Crippen molar-refractivity contribution in [2.75, 3.05) is 0 Å². The molecule has 0 N–H and O–H groups in total. The van der Waals surface area contributed by atoms with Gasteiger partial charge in [-0.15, -0.1) is 0 Å². The molecule has 1 saturated carbocycles. The van der Waals surface area contributed by atoms with Crippen molar-refractivity contribution in [3.63, 3.8) is 0 Å². The van der Waals surface area contributed by atoms with Crippen molar-refractivity contribution in [3.8, 4) is 17.7 Å². The fourth-order valence-electron chi connectivity index (χ4n) is 1.69. The molecule has 0 radical (unpaired) electrons. The second kappa shape index (κ2) is 3.20. The first-order valence-corrected chi connectivity index (χ1v) is 5.07. The van der Waals surface area contributed by atoms with Crippen LogP contribution >= 0.6 is 0 Å². The summed E-state index contributed by atoms with van der Waals surface area (Å²) in [5.41, 5.74) is 0.972. The van der Waals surface area contributed by atoms with Crippen LogP contribution in [0.2, 0.25) is 0 Å². The summed E-state index contributed by atoms with van der Waals surface area (Å²) in [5, 5.41) is 12.6. The van der Waals surface area contributed by atoms with Crippen molar-refractivity contribution < 1.29 is 8.94 Å². The van der Waals surface area contributed by atoms with E-state index >= 15 is 0 Å². The quantitative estimate of drug-likeness (QED) is 0.767. The maximum atomic E-state index is 8.71. The topological polar surface area (TPSA) is 75.8 Å². The molecule has 5 heteroatoms. The predicted molar refractivity (Wildman–Crippen MR) is 53.2 cm³/mol. The summed E-state index contributed by atoms with van der Waals surface area (Å²) in [6.45, 7) is 1.92. The van der Waals surface area contributed by atoms with E-state index in [0.717, 1.165) is 12.0 Å². The minimum atomic E-state index is 0.0333. The third-order valence-corrected chi connectivity index (χ3v) is 2.78. The Balaban J connectivity index is 1.90. The monoisotopic (exact) mass is 215 g/mol. The van der Waals surface area contributed by atoms with Gasteiger partial charge in [0.05, 0.1) is 24.2 Å². The zero-order chi connectivity index (χ0) is 11.1. The van der Waals surface area contributed by atoms with Crippen molar-refractivity contribution in [3.05, 3.63) is 23.8 Å². The number of hydrogen-bond acceptors (Lipinski definition) is 5. The van der Waals surface area contributed by atoms with E-state index in [9.17, 15) is 0 Å². The molecule has 0 aliphatic heterocycles. The number of hydrogen-bond donors (Lipinski definition) is 0. The van der Waals surface area contributed by atoms with E-state index in [2.05, 4.69) is 16.2 Å². The minimum absolute atomic E-state index is 0.0333. The summed E-state index contributed by atoms with van der Waals surface area (Å²) < 4.78 is 10.4. The van der Waals surface area contributed by atoms with Crippen LogP contribution in [0, 0.1) is 24.2 Å². The van der Waals surface area contributed by atoms with Crippen LogP contribution in [0.5, 0.6) is 0 Å². The van der Waals surface area contributed by atoms with Crippen LogP contribution in [0.25, 0.3) is 11.6 Å². The summed E-state index contributed by atoms with van der Waals surface area (Å²) in [6.07, 6.45) is 2.41. The lowest BCUT2D eigenvalue weighted by Gasteiger charge is -1.87. The van der Waals surface area contributed by atoms with Gasteiger partial charge in [0.1, 0.15) is 0 Å². The molecule has 16 heavy (non-hydrogen) atoms. The Hall–Kier alpha value is -2.09. The van der Waals surface area contributed by atoms with Crippen LogP contribution in [-0.4, -0.2) is 10.1 Å². The number of nitrogens with zero attached hydrogens (tertiary/aromatic N) is 3. The highest BCUT2D eigenvalue weighted by Gasteiger charge is 2.43. The highest BCUT2D eigenvalue weighted by atomic mass is 16.5. The number of aromatic nitrogens is 2. The molecular weight excluding hydrogens is 206 g/mol. The van der Waals surface area contributed by atoms with Crippen LogP contribution in [0.4, 0.5) is 0 Å². The molecule has 1 fully saturated rings. The summed E-state index contributed by atoms with van der Waals surface area (Å²) in [7, 11) is 0. The number of aryl methyl sites for hydroxylation is 1. The molecule has 1 aliphatic rings. The zero-order valence-electron chi connectivity index (χ0n) is 8.67. The van der Waals surface area contributed by atoms with Crippen LogP contribution < -0.4 is 0 Å². The zero-order valence-corrected chi connectivity index (χ0v) is 8.67. The Morgan fingerprint density at radius 3 is 3.06 bits per heavy atom. The van der Waals surface area contributed by atoms with E-state index in [4.69, 9.17) is 14.2 Å². The van der Waals surface area contributed by atoms with Gasteiger partial charge in [-0.1, -0.05) is 5.16 Å². The average molecular weight is 215 g/mol. The normalized spacial score (nSPS) is 23.0. The number of furan rings is 1. The van der Waals surface area contributed by atoms with Crippen LogP contribution in [0.3, 0.4) is 0 Å². The van der Waals surface area contributed by atoms with Crippen LogP contribution in [0.1, 0.15) is 23.8 Å². The van der Waals surface area contributed by atoms with E-state index in [1.54, 1.807) is 6.26 Å². The Labute approximate surface area is 91.7 Å². The molecule has 2 aromatic heterocycles. The molecular formula is C11H9N3O2. The summed E-state index contributed by atoms with van der Waals surface area (Å²) in [4.78, 5) is 4.25. The molecule has 2 heterocycles. The Morgan fingerprint density at radius 2 is 2.44 bits per heavy atom.